The van der Waals surface area contributed by atoms with Crippen molar-refractivity contribution < 1.29 is 8.42 Å². The van der Waals surface area contributed by atoms with E-state index in [0.717, 1.165) is 0 Å². The Morgan fingerprint density at radius 2 is 1.69 bits per heavy atom. The SMILES string of the molecule is CCCC(C#N)(CCC)S(=O)(=O)NCC#N. The van der Waals surface area contributed by atoms with Crippen LogP contribution in [-0.2, 0) is 10.0 Å². The molecular weight excluding hydrogens is 226 g/mol. The zero-order chi connectivity index (χ0) is 12.7. The summed E-state index contributed by atoms with van der Waals surface area (Å²) in [4.78, 5) is 0. The van der Waals surface area contributed by atoms with Gasteiger partial charge in [0.1, 0.15) is 0 Å². The molecule has 0 rings (SSSR count). The Bertz CT molecular complexity index is 383. The lowest BCUT2D eigenvalue weighted by Gasteiger charge is -2.25. The summed E-state index contributed by atoms with van der Waals surface area (Å²) >= 11 is 0. The third kappa shape index (κ3) is 3.19. The van der Waals surface area contributed by atoms with Gasteiger partial charge in [0.25, 0.3) is 0 Å². The highest BCUT2D eigenvalue weighted by atomic mass is 32.2. The lowest BCUT2D eigenvalue weighted by atomic mass is 9.99. The van der Waals surface area contributed by atoms with E-state index < -0.39 is 14.8 Å². The Kier molecular flexibility index (Phi) is 6.02. The fraction of sp³-hybridized carbons (Fsp3) is 0.800. The van der Waals surface area contributed by atoms with Crippen molar-refractivity contribution in [1.82, 2.24) is 4.72 Å². The van der Waals surface area contributed by atoms with Gasteiger partial charge in [-0.3, -0.25) is 0 Å². The third-order valence-electron chi connectivity index (χ3n) is 2.37. The molecule has 1 N–H and O–H groups in total. The Morgan fingerprint density at radius 1 is 1.19 bits per heavy atom. The average Bonchev–Trinajstić information content (AvgIpc) is 2.25. The van der Waals surface area contributed by atoms with Gasteiger partial charge in [-0.05, 0) is 12.8 Å². The van der Waals surface area contributed by atoms with Crippen LogP contribution in [0, 0.1) is 22.7 Å². The van der Waals surface area contributed by atoms with E-state index in [1.807, 2.05) is 19.9 Å². The molecule has 0 aliphatic heterocycles. The quantitative estimate of drug-likeness (QED) is 0.682. The molecule has 90 valence electrons. The van der Waals surface area contributed by atoms with Gasteiger partial charge in [0.05, 0.1) is 18.7 Å². The van der Waals surface area contributed by atoms with Crippen LogP contribution in [0.15, 0.2) is 0 Å². The maximum absolute atomic E-state index is 11.9. The molecule has 0 unspecified atom stereocenters. The molecule has 0 aromatic rings. The van der Waals surface area contributed by atoms with E-state index in [1.165, 1.54) is 0 Å². The Balaban J connectivity index is 5.17. The van der Waals surface area contributed by atoms with Gasteiger partial charge < -0.3 is 0 Å². The molecule has 16 heavy (non-hydrogen) atoms. The number of sulfonamides is 1. The first-order chi connectivity index (χ1) is 7.49. The average molecular weight is 243 g/mol. The molecule has 0 saturated heterocycles. The molecule has 0 heterocycles. The second kappa shape index (κ2) is 6.47. The largest absolute Gasteiger partial charge is 0.231 e. The number of nitrogens with one attached hydrogen (secondary N) is 1. The first-order valence-electron chi connectivity index (χ1n) is 5.27. The van der Waals surface area contributed by atoms with Gasteiger partial charge in [0, 0.05) is 0 Å². The second-order valence-corrected chi connectivity index (χ2v) is 5.67. The van der Waals surface area contributed by atoms with Crippen LogP contribution < -0.4 is 4.72 Å². The molecule has 0 saturated carbocycles. The van der Waals surface area contributed by atoms with Crippen LogP contribution in [0.4, 0.5) is 0 Å². The molecule has 5 nitrogen and oxygen atoms in total. The van der Waals surface area contributed by atoms with E-state index in [0.29, 0.717) is 12.8 Å². The molecule has 0 aromatic carbocycles. The molecular formula is C10H17N3O2S. The summed E-state index contributed by atoms with van der Waals surface area (Å²) in [5, 5.41) is 17.5. The smallest absolute Gasteiger partial charge is 0.211 e. The predicted molar refractivity (Wildman–Crippen MR) is 60.7 cm³/mol. The summed E-state index contributed by atoms with van der Waals surface area (Å²) in [5.41, 5.74) is 0. The zero-order valence-corrected chi connectivity index (χ0v) is 10.5. The molecule has 0 fully saturated rings. The Hall–Kier alpha value is -1.11. The number of hydrogen-bond acceptors (Lipinski definition) is 4. The van der Waals surface area contributed by atoms with Crippen molar-refractivity contribution in [2.45, 2.75) is 44.3 Å². The van der Waals surface area contributed by atoms with Crippen molar-refractivity contribution >= 4 is 10.0 Å². The van der Waals surface area contributed by atoms with E-state index >= 15 is 0 Å². The van der Waals surface area contributed by atoms with Gasteiger partial charge in [-0.15, -0.1) is 0 Å². The normalized spacial score (nSPS) is 11.8. The molecule has 0 aliphatic rings. The minimum Gasteiger partial charge on any atom is -0.211 e. The minimum atomic E-state index is -3.75. The fourth-order valence-corrected chi connectivity index (χ4v) is 3.24. The van der Waals surface area contributed by atoms with Crippen molar-refractivity contribution in [1.29, 1.82) is 10.5 Å². The molecule has 0 atom stereocenters. The zero-order valence-electron chi connectivity index (χ0n) is 9.65. The first kappa shape index (κ1) is 14.9. The number of hydrogen-bond donors (Lipinski definition) is 1. The summed E-state index contributed by atoms with van der Waals surface area (Å²) in [5.74, 6) is 0. The van der Waals surface area contributed by atoms with Crippen LogP contribution in [0.3, 0.4) is 0 Å². The van der Waals surface area contributed by atoms with Crippen LogP contribution in [0.1, 0.15) is 39.5 Å². The predicted octanol–water partition coefficient (Wildman–Crippen LogP) is 1.29. The van der Waals surface area contributed by atoms with Gasteiger partial charge in [-0.1, -0.05) is 26.7 Å². The van der Waals surface area contributed by atoms with Crippen LogP contribution in [0.5, 0.6) is 0 Å². The van der Waals surface area contributed by atoms with Gasteiger partial charge >= 0.3 is 0 Å². The Labute approximate surface area is 97.1 Å². The monoisotopic (exact) mass is 243 g/mol. The number of nitriles is 2. The van der Waals surface area contributed by atoms with Gasteiger partial charge in [-0.25, -0.2) is 8.42 Å². The molecule has 0 aromatic heterocycles. The van der Waals surface area contributed by atoms with Crippen LogP contribution in [-0.4, -0.2) is 19.7 Å². The summed E-state index contributed by atoms with van der Waals surface area (Å²) in [6.45, 7) is 3.38. The molecule has 0 spiro atoms. The van der Waals surface area contributed by atoms with Crippen molar-refractivity contribution in [3.05, 3.63) is 0 Å². The summed E-state index contributed by atoms with van der Waals surface area (Å²) in [6.07, 6.45) is 1.80. The summed E-state index contributed by atoms with van der Waals surface area (Å²) in [6, 6.07) is 3.61. The highest BCUT2D eigenvalue weighted by Gasteiger charge is 2.42. The fourth-order valence-electron chi connectivity index (χ4n) is 1.64. The van der Waals surface area contributed by atoms with Crippen LogP contribution >= 0.6 is 0 Å². The highest BCUT2D eigenvalue weighted by Crippen LogP contribution is 2.27. The van der Waals surface area contributed by atoms with Crippen LogP contribution in [0.2, 0.25) is 0 Å². The standard InChI is InChI=1S/C10H17N3O2S/c1-3-5-10(9-12,6-4-2)16(14,15)13-8-7-11/h13H,3-6,8H2,1-2H3. The second-order valence-electron chi connectivity index (χ2n) is 3.59. The van der Waals surface area contributed by atoms with E-state index in [-0.39, 0.29) is 19.4 Å². The van der Waals surface area contributed by atoms with Crippen molar-refractivity contribution in [3.63, 3.8) is 0 Å². The van der Waals surface area contributed by atoms with Crippen LogP contribution in [0.25, 0.3) is 0 Å². The number of rotatable bonds is 7. The summed E-state index contributed by atoms with van der Waals surface area (Å²) < 4.78 is 24.6. The molecule has 0 radical (unpaired) electrons. The molecule has 0 bridgehead atoms. The topological polar surface area (TPSA) is 93.8 Å². The summed E-state index contributed by atoms with van der Waals surface area (Å²) in [7, 11) is -3.75. The Morgan fingerprint density at radius 3 is 2.00 bits per heavy atom. The molecule has 0 aliphatic carbocycles. The highest BCUT2D eigenvalue weighted by molar-refractivity contribution is 7.91. The van der Waals surface area contributed by atoms with Crippen molar-refractivity contribution in [3.8, 4) is 12.1 Å². The lowest BCUT2D eigenvalue weighted by molar-refractivity contribution is 0.501. The molecule has 6 heteroatoms. The van der Waals surface area contributed by atoms with Crippen molar-refractivity contribution in [2.75, 3.05) is 6.54 Å². The van der Waals surface area contributed by atoms with E-state index in [9.17, 15) is 8.42 Å². The van der Waals surface area contributed by atoms with Gasteiger partial charge in [0.2, 0.25) is 10.0 Å². The minimum absolute atomic E-state index is 0.290. The van der Waals surface area contributed by atoms with E-state index in [4.69, 9.17) is 10.5 Å². The first-order valence-corrected chi connectivity index (χ1v) is 6.75. The third-order valence-corrected chi connectivity index (χ3v) is 4.42. The van der Waals surface area contributed by atoms with Crippen molar-refractivity contribution in [2.24, 2.45) is 0 Å². The molecule has 0 amide bonds. The lowest BCUT2D eigenvalue weighted by Crippen LogP contribution is -2.45. The maximum Gasteiger partial charge on any atom is 0.231 e. The van der Waals surface area contributed by atoms with Gasteiger partial charge in [0.15, 0.2) is 4.75 Å². The van der Waals surface area contributed by atoms with E-state index in [1.54, 1.807) is 6.07 Å². The number of nitrogens with zero attached hydrogens (tertiary/aromatic N) is 2. The van der Waals surface area contributed by atoms with E-state index in [2.05, 4.69) is 4.72 Å². The van der Waals surface area contributed by atoms with Gasteiger partial charge in [-0.2, -0.15) is 15.2 Å². The maximum atomic E-state index is 11.9.